The maximum atomic E-state index is 12.7. The van der Waals surface area contributed by atoms with Crippen LogP contribution in [0.1, 0.15) is 16.1 Å². The maximum Gasteiger partial charge on any atom is 0.273 e. The molecule has 1 atom stereocenters. The summed E-state index contributed by atoms with van der Waals surface area (Å²) in [6.45, 7) is 1.84. The Labute approximate surface area is 145 Å². The molecule has 2 aromatic heterocycles. The highest BCUT2D eigenvalue weighted by molar-refractivity contribution is 7.93. The van der Waals surface area contributed by atoms with E-state index >= 15 is 0 Å². The summed E-state index contributed by atoms with van der Waals surface area (Å²) >= 11 is 5.87. The lowest BCUT2D eigenvalue weighted by atomic mass is 10.3. The number of nitrogens with zero attached hydrogens (tertiary/aromatic N) is 4. The van der Waals surface area contributed by atoms with Crippen molar-refractivity contribution in [3.8, 4) is 0 Å². The van der Waals surface area contributed by atoms with Gasteiger partial charge in [-0.1, -0.05) is 11.6 Å². The summed E-state index contributed by atoms with van der Waals surface area (Å²) < 4.78 is 16.6. The predicted octanol–water partition coefficient (Wildman–Crippen LogP) is 2.02. The molecule has 10 heteroatoms. The third kappa shape index (κ3) is 3.80. The standard InChI is InChI=1S/C14H17ClN6O2S/c1-8-5-10(24(4,23)17-3)13(18-7-8)19-9-6-11(15)20-21-12(9)14(22)16-2/h5-7H,1-4H3,(H,16,22)(H,18,19,20). The number of aryl methyl sites for hydroxylation is 1. The van der Waals surface area contributed by atoms with Gasteiger partial charge in [-0.2, -0.15) is 0 Å². The highest BCUT2D eigenvalue weighted by Crippen LogP contribution is 2.27. The molecular weight excluding hydrogens is 352 g/mol. The van der Waals surface area contributed by atoms with Crippen LogP contribution in [0.5, 0.6) is 0 Å². The molecule has 8 nitrogen and oxygen atoms in total. The molecule has 2 heterocycles. The third-order valence-electron chi connectivity index (χ3n) is 3.21. The largest absolute Gasteiger partial charge is 0.354 e. The Balaban J connectivity index is 2.60. The molecule has 0 fully saturated rings. The monoisotopic (exact) mass is 368 g/mol. The number of aromatic nitrogens is 3. The van der Waals surface area contributed by atoms with Gasteiger partial charge in [0.1, 0.15) is 5.82 Å². The Morgan fingerprint density at radius 3 is 2.67 bits per heavy atom. The van der Waals surface area contributed by atoms with Gasteiger partial charge in [0.25, 0.3) is 5.91 Å². The van der Waals surface area contributed by atoms with E-state index in [4.69, 9.17) is 11.6 Å². The Hall–Kier alpha value is -2.26. The minimum atomic E-state index is -2.64. The lowest BCUT2D eigenvalue weighted by Gasteiger charge is -2.14. The summed E-state index contributed by atoms with van der Waals surface area (Å²) in [4.78, 5) is 16.6. The summed E-state index contributed by atoms with van der Waals surface area (Å²) in [5, 5.41) is 13.0. The van der Waals surface area contributed by atoms with Crippen LogP contribution in [0.15, 0.2) is 27.6 Å². The average molecular weight is 369 g/mol. The van der Waals surface area contributed by atoms with Gasteiger partial charge in [-0.05, 0) is 18.6 Å². The van der Waals surface area contributed by atoms with Crippen molar-refractivity contribution < 1.29 is 9.00 Å². The van der Waals surface area contributed by atoms with E-state index in [9.17, 15) is 9.00 Å². The van der Waals surface area contributed by atoms with Gasteiger partial charge in [0.2, 0.25) is 0 Å². The zero-order valence-corrected chi connectivity index (χ0v) is 15.2. The zero-order valence-electron chi connectivity index (χ0n) is 13.6. The smallest absolute Gasteiger partial charge is 0.273 e. The highest BCUT2D eigenvalue weighted by atomic mass is 35.5. The van der Waals surface area contributed by atoms with E-state index in [-0.39, 0.29) is 10.8 Å². The van der Waals surface area contributed by atoms with Crippen molar-refractivity contribution in [1.29, 1.82) is 0 Å². The zero-order chi connectivity index (χ0) is 17.9. The highest BCUT2D eigenvalue weighted by Gasteiger charge is 2.18. The Morgan fingerprint density at radius 2 is 2.04 bits per heavy atom. The number of hydrogen-bond acceptors (Lipinski definition) is 7. The van der Waals surface area contributed by atoms with Crippen LogP contribution in [-0.2, 0) is 9.73 Å². The molecule has 2 rings (SSSR count). The van der Waals surface area contributed by atoms with Gasteiger partial charge in [-0.3, -0.25) is 4.79 Å². The second kappa shape index (κ2) is 7.10. The van der Waals surface area contributed by atoms with E-state index in [0.29, 0.717) is 16.4 Å². The first-order valence-electron chi connectivity index (χ1n) is 6.87. The van der Waals surface area contributed by atoms with Crippen LogP contribution < -0.4 is 10.6 Å². The van der Waals surface area contributed by atoms with Gasteiger partial charge in [0.15, 0.2) is 10.8 Å². The van der Waals surface area contributed by atoms with Crippen LogP contribution in [0.3, 0.4) is 0 Å². The molecule has 128 valence electrons. The first kappa shape index (κ1) is 18.1. The van der Waals surface area contributed by atoms with E-state index in [1.54, 1.807) is 12.3 Å². The molecule has 0 aliphatic rings. The van der Waals surface area contributed by atoms with Crippen LogP contribution in [0.2, 0.25) is 5.15 Å². The molecule has 0 bridgehead atoms. The number of pyridine rings is 1. The van der Waals surface area contributed by atoms with Crippen molar-refractivity contribution in [3.63, 3.8) is 0 Å². The van der Waals surface area contributed by atoms with Crippen molar-refractivity contribution in [2.75, 3.05) is 25.7 Å². The van der Waals surface area contributed by atoms with Crippen LogP contribution >= 0.6 is 11.6 Å². The van der Waals surface area contributed by atoms with Crippen molar-refractivity contribution >= 4 is 38.7 Å². The van der Waals surface area contributed by atoms with Crippen LogP contribution in [0.4, 0.5) is 11.5 Å². The van der Waals surface area contributed by atoms with E-state index in [2.05, 4.69) is 30.2 Å². The molecule has 2 aromatic rings. The number of carbonyl (C=O) groups is 1. The van der Waals surface area contributed by atoms with E-state index in [0.717, 1.165) is 5.56 Å². The van der Waals surface area contributed by atoms with Crippen molar-refractivity contribution in [2.45, 2.75) is 11.8 Å². The lowest BCUT2D eigenvalue weighted by molar-refractivity contribution is 0.0958. The molecule has 1 unspecified atom stereocenters. The first-order chi connectivity index (χ1) is 11.3. The first-order valence-corrected chi connectivity index (χ1v) is 9.18. The molecule has 0 radical (unpaired) electrons. The Bertz CT molecular complexity index is 908. The Kier molecular flexibility index (Phi) is 5.35. The Morgan fingerprint density at radius 1 is 1.33 bits per heavy atom. The molecule has 0 saturated carbocycles. The second-order valence-corrected chi connectivity index (χ2v) is 7.78. The molecule has 0 aliphatic carbocycles. The SMILES string of the molecule is CN=S(C)(=O)c1cc(C)cnc1Nc1cc(Cl)nnc1C(=O)NC. The third-order valence-corrected chi connectivity index (χ3v) is 5.21. The molecule has 0 aliphatic heterocycles. The van der Waals surface area contributed by atoms with Gasteiger partial charge < -0.3 is 10.6 Å². The summed E-state index contributed by atoms with van der Waals surface area (Å²) in [7, 11) is 0.321. The average Bonchev–Trinajstić information content (AvgIpc) is 2.56. The fraction of sp³-hybridized carbons (Fsp3) is 0.286. The molecule has 24 heavy (non-hydrogen) atoms. The summed E-state index contributed by atoms with van der Waals surface area (Å²) in [5.74, 6) is -0.124. The molecule has 0 spiro atoms. The number of rotatable bonds is 4. The van der Waals surface area contributed by atoms with Crippen molar-refractivity contribution in [2.24, 2.45) is 4.36 Å². The molecule has 1 amide bonds. The molecule has 0 aromatic carbocycles. The predicted molar refractivity (Wildman–Crippen MR) is 93.4 cm³/mol. The van der Waals surface area contributed by atoms with Crippen LogP contribution in [0.25, 0.3) is 0 Å². The molecular formula is C14H17ClN6O2S. The lowest BCUT2D eigenvalue weighted by Crippen LogP contribution is -2.21. The van der Waals surface area contributed by atoms with Crippen LogP contribution in [0, 0.1) is 6.92 Å². The number of nitrogens with one attached hydrogen (secondary N) is 2. The molecule has 0 saturated heterocycles. The number of halogens is 1. The minimum Gasteiger partial charge on any atom is -0.354 e. The number of amides is 1. The number of anilines is 2. The van der Waals surface area contributed by atoms with Gasteiger partial charge in [0.05, 0.1) is 20.3 Å². The number of carbonyl (C=O) groups excluding carboxylic acids is 1. The minimum absolute atomic E-state index is 0.0475. The van der Waals surface area contributed by atoms with Gasteiger partial charge >= 0.3 is 0 Å². The van der Waals surface area contributed by atoms with E-state index < -0.39 is 15.6 Å². The molecule has 2 N–H and O–H groups in total. The van der Waals surface area contributed by atoms with Gasteiger partial charge in [0, 0.05) is 32.6 Å². The summed E-state index contributed by atoms with van der Waals surface area (Å²) in [6.07, 6.45) is 3.14. The number of hydrogen-bond donors (Lipinski definition) is 2. The van der Waals surface area contributed by atoms with E-state index in [1.807, 2.05) is 6.92 Å². The second-order valence-electron chi connectivity index (χ2n) is 4.98. The fourth-order valence-electron chi connectivity index (χ4n) is 1.90. The van der Waals surface area contributed by atoms with Gasteiger partial charge in [-0.25, -0.2) is 13.6 Å². The maximum absolute atomic E-state index is 12.7. The van der Waals surface area contributed by atoms with Gasteiger partial charge in [-0.15, -0.1) is 10.2 Å². The fourth-order valence-corrected chi connectivity index (χ4v) is 3.11. The van der Waals surface area contributed by atoms with Crippen molar-refractivity contribution in [1.82, 2.24) is 20.5 Å². The summed E-state index contributed by atoms with van der Waals surface area (Å²) in [6, 6.07) is 3.19. The van der Waals surface area contributed by atoms with E-state index in [1.165, 1.54) is 26.4 Å². The van der Waals surface area contributed by atoms with Crippen LogP contribution in [-0.4, -0.2) is 45.6 Å². The summed E-state index contributed by atoms with van der Waals surface area (Å²) in [5.41, 5.74) is 1.19. The van der Waals surface area contributed by atoms with Crippen molar-refractivity contribution in [3.05, 3.63) is 34.7 Å². The quantitative estimate of drug-likeness (QED) is 0.854. The topological polar surface area (TPSA) is 109 Å². The normalized spacial score (nSPS) is 13.0.